The SMILES string of the molecule is CC(C)CC(NC(=O)N1CCCCCC1)C(=O)NCCCC1(c2ccccc2)C(=O)N(C)c2ccccc21. The Bertz CT molecular complexity index is 1110. The molecule has 2 heterocycles. The predicted octanol–water partition coefficient (Wildman–Crippen LogP) is 4.85. The molecule has 38 heavy (non-hydrogen) atoms. The van der Waals surface area contributed by atoms with Crippen LogP contribution in [0.3, 0.4) is 0 Å². The summed E-state index contributed by atoms with van der Waals surface area (Å²) in [6.07, 6.45) is 6.09. The summed E-state index contributed by atoms with van der Waals surface area (Å²) in [5, 5.41) is 6.06. The highest BCUT2D eigenvalue weighted by molar-refractivity contribution is 6.10. The molecule has 2 N–H and O–H groups in total. The van der Waals surface area contributed by atoms with E-state index in [1.807, 2.05) is 66.5 Å². The number of likely N-dealkylation sites (N-methyl/N-ethyl adjacent to an activating group) is 1. The van der Waals surface area contributed by atoms with Gasteiger partial charge in [-0.3, -0.25) is 9.59 Å². The number of benzene rings is 2. The molecule has 4 rings (SSSR count). The lowest BCUT2D eigenvalue weighted by molar-refractivity contribution is -0.123. The molecule has 0 saturated carbocycles. The number of rotatable bonds is 9. The first-order valence-corrected chi connectivity index (χ1v) is 14.1. The van der Waals surface area contributed by atoms with Gasteiger partial charge in [0.05, 0.1) is 0 Å². The van der Waals surface area contributed by atoms with Crippen LogP contribution < -0.4 is 15.5 Å². The standard InChI is InChI=1S/C31H42N4O3/c1-23(2)22-26(33-30(38)35-20-11-4-5-12-21-35)28(36)32-19-13-18-31(24-14-7-6-8-15-24)25-16-9-10-17-27(25)34(3)29(31)37/h6-10,14-17,23,26H,4-5,11-13,18-22H2,1-3H3,(H,32,36)(H,33,38). The molecule has 1 fully saturated rings. The van der Waals surface area contributed by atoms with Crippen LogP contribution in [0.25, 0.3) is 0 Å². The van der Waals surface area contributed by atoms with Crippen LogP contribution in [0.5, 0.6) is 0 Å². The first-order valence-electron chi connectivity index (χ1n) is 14.1. The van der Waals surface area contributed by atoms with Crippen LogP contribution in [0, 0.1) is 5.92 Å². The monoisotopic (exact) mass is 518 g/mol. The summed E-state index contributed by atoms with van der Waals surface area (Å²) >= 11 is 0. The molecule has 0 aliphatic carbocycles. The zero-order valence-electron chi connectivity index (χ0n) is 23.0. The number of nitrogens with zero attached hydrogens (tertiary/aromatic N) is 2. The number of carbonyl (C=O) groups excluding carboxylic acids is 3. The quantitative estimate of drug-likeness (QED) is 0.466. The number of hydrogen-bond acceptors (Lipinski definition) is 3. The second-order valence-corrected chi connectivity index (χ2v) is 11.1. The number of amides is 4. The molecular weight excluding hydrogens is 476 g/mol. The van der Waals surface area contributed by atoms with Gasteiger partial charge in [-0.2, -0.15) is 0 Å². The summed E-state index contributed by atoms with van der Waals surface area (Å²) in [6.45, 7) is 6.03. The van der Waals surface area contributed by atoms with Crippen LogP contribution in [-0.2, 0) is 15.0 Å². The molecule has 4 amide bonds. The third-order valence-electron chi connectivity index (χ3n) is 7.90. The van der Waals surface area contributed by atoms with Gasteiger partial charge in [-0.1, -0.05) is 75.2 Å². The van der Waals surface area contributed by atoms with Crippen molar-refractivity contribution >= 4 is 23.5 Å². The summed E-state index contributed by atoms with van der Waals surface area (Å²) in [5.74, 6) is 0.157. The van der Waals surface area contributed by atoms with Gasteiger partial charge in [-0.05, 0) is 55.2 Å². The van der Waals surface area contributed by atoms with Gasteiger partial charge < -0.3 is 20.4 Å². The summed E-state index contributed by atoms with van der Waals surface area (Å²) in [7, 11) is 1.83. The molecule has 2 aromatic rings. The lowest BCUT2D eigenvalue weighted by atomic mass is 9.72. The Kier molecular flexibility index (Phi) is 9.08. The van der Waals surface area contributed by atoms with Crippen LogP contribution in [0.1, 0.15) is 69.9 Å². The summed E-state index contributed by atoms with van der Waals surface area (Å²) in [4.78, 5) is 43.4. The van der Waals surface area contributed by atoms with Gasteiger partial charge in [-0.25, -0.2) is 4.79 Å². The maximum Gasteiger partial charge on any atom is 0.318 e. The largest absolute Gasteiger partial charge is 0.354 e. The van der Waals surface area contributed by atoms with Crippen LogP contribution in [-0.4, -0.2) is 55.5 Å². The first kappa shape index (κ1) is 27.7. The second kappa shape index (κ2) is 12.5. The molecule has 0 bridgehead atoms. The minimum absolute atomic E-state index is 0.0543. The highest BCUT2D eigenvalue weighted by Gasteiger charge is 2.50. The topological polar surface area (TPSA) is 81.8 Å². The van der Waals surface area contributed by atoms with Crippen LogP contribution in [0.4, 0.5) is 10.5 Å². The Balaban J connectivity index is 1.43. The molecule has 2 aromatic carbocycles. The fourth-order valence-electron chi connectivity index (χ4n) is 5.93. The average molecular weight is 519 g/mol. The van der Waals surface area contributed by atoms with Crippen molar-refractivity contribution in [3.8, 4) is 0 Å². The van der Waals surface area contributed by atoms with E-state index in [1.165, 1.54) is 0 Å². The number of nitrogens with one attached hydrogen (secondary N) is 2. The minimum Gasteiger partial charge on any atom is -0.354 e. The van der Waals surface area contributed by atoms with Gasteiger partial charge in [0.25, 0.3) is 0 Å². The van der Waals surface area contributed by atoms with Crippen molar-refractivity contribution in [3.05, 3.63) is 65.7 Å². The molecule has 2 aliphatic rings. The third kappa shape index (κ3) is 5.87. The summed E-state index contributed by atoms with van der Waals surface area (Å²) in [6, 6.07) is 17.2. The van der Waals surface area contributed by atoms with Crippen molar-refractivity contribution < 1.29 is 14.4 Å². The van der Waals surface area contributed by atoms with E-state index in [-0.39, 0.29) is 23.8 Å². The Morgan fingerprint density at radius 2 is 1.61 bits per heavy atom. The third-order valence-corrected chi connectivity index (χ3v) is 7.90. The van der Waals surface area contributed by atoms with Crippen molar-refractivity contribution in [2.45, 2.75) is 70.3 Å². The van der Waals surface area contributed by atoms with Gasteiger partial charge in [-0.15, -0.1) is 0 Å². The van der Waals surface area contributed by atoms with Gasteiger partial charge >= 0.3 is 6.03 Å². The smallest absolute Gasteiger partial charge is 0.318 e. The van der Waals surface area contributed by atoms with E-state index in [2.05, 4.69) is 24.5 Å². The van der Waals surface area contributed by atoms with E-state index >= 15 is 0 Å². The molecule has 0 aromatic heterocycles. The molecular formula is C31H42N4O3. The number of carbonyl (C=O) groups is 3. The molecule has 2 atom stereocenters. The van der Waals surface area contributed by atoms with E-state index in [0.717, 1.165) is 55.6 Å². The Morgan fingerprint density at radius 3 is 2.29 bits per heavy atom. The van der Waals surface area contributed by atoms with E-state index in [9.17, 15) is 14.4 Å². The van der Waals surface area contributed by atoms with Crippen molar-refractivity contribution in [2.24, 2.45) is 5.92 Å². The van der Waals surface area contributed by atoms with E-state index < -0.39 is 11.5 Å². The predicted molar refractivity (Wildman–Crippen MR) is 151 cm³/mol. The fraction of sp³-hybridized carbons (Fsp3) is 0.516. The van der Waals surface area contributed by atoms with Gasteiger partial charge in [0, 0.05) is 32.4 Å². The van der Waals surface area contributed by atoms with Crippen molar-refractivity contribution in [3.63, 3.8) is 0 Å². The number of likely N-dealkylation sites (tertiary alicyclic amines) is 1. The highest BCUT2D eigenvalue weighted by Crippen LogP contribution is 2.48. The zero-order valence-corrected chi connectivity index (χ0v) is 23.0. The van der Waals surface area contributed by atoms with Crippen LogP contribution in [0.2, 0.25) is 0 Å². The first-order chi connectivity index (χ1) is 18.3. The minimum atomic E-state index is -0.782. The molecule has 204 valence electrons. The summed E-state index contributed by atoms with van der Waals surface area (Å²) in [5.41, 5.74) is 2.12. The zero-order chi connectivity index (χ0) is 27.1. The van der Waals surface area contributed by atoms with Gasteiger partial charge in [0.1, 0.15) is 11.5 Å². The fourth-order valence-corrected chi connectivity index (χ4v) is 5.93. The van der Waals surface area contributed by atoms with E-state index in [4.69, 9.17) is 0 Å². The molecule has 0 spiro atoms. The average Bonchev–Trinajstić information content (AvgIpc) is 3.10. The maximum atomic E-state index is 13.7. The molecule has 7 nitrogen and oxygen atoms in total. The normalized spacial score (nSPS) is 20.2. The number of urea groups is 1. The van der Waals surface area contributed by atoms with Crippen molar-refractivity contribution in [1.29, 1.82) is 0 Å². The van der Waals surface area contributed by atoms with Crippen LogP contribution >= 0.6 is 0 Å². The highest BCUT2D eigenvalue weighted by atomic mass is 16.2. The van der Waals surface area contributed by atoms with Crippen molar-refractivity contribution in [2.75, 3.05) is 31.6 Å². The van der Waals surface area contributed by atoms with E-state index in [0.29, 0.717) is 25.8 Å². The maximum absolute atomic E-state index is 13.7. The summed E-state index contributed by atoms with van der Waals surface area (Å²) < 4.78 is 0. The molecule has 0 radical (unpaired) electrons. The van der Waals surface area contributed by atoms with Gasteiger partial charge in [0.15, 0.2) is 0 Å². The molecule has 2 unspecified atom stereocenters. The number of para-hydroxylation sites is 1. The number of fused-ring (bicyclic) bond motifs is 1. The van der Waals surface area contributed by atoms with Gasteiger partial charge in [0.2, 0.25) is 11.8 Å². The molecule has 7 heteroatoms. The number of hydrogen-bond donors (Lipinski definition) is 2. The Hall–Kier alpha value is -3.35. The lowest BCUT2D eigenvalue weighted by Crippen LogP contribution is -2.52. The lowest BCUT2D eigenvalue weighted by Gasteiger charge is -2.29. The molecule has 1 saturated heterocycles. The Labute approximate surface area is 227 Å². The van der Waals surface area contributed by atoms with Crippen molar-refractivity contribution in [1.82, 2.24) is 15.5 Å². The van der Waals surface area contributed by atoms with E-state index in [1.54, 1.807) is 4.90 Å². The molecule has 2 aliphatic heterocycles. The van der Waals surface area contributed by atoms with Crippen LogP contribution in [0.15, 0.2) is 54.6 Å². The Morgan fingerprint density at radius 1 is 0.947 bits per heavy atom. The number of anilines is 1. The second-order valence-electron chi connectivity index (χ2n) is 11.1.